The van der Waals surface area contributed by atoms with Gasteiger partial charge in [-0.3, -0.25) is 0 Å². The van der Waals surface area contributed by atoms with Crippen LogP contribution in [0.15, 0.2) is 6.07 Å². The molecule has 0 aliphatic rings. The summed E-state index contributed by atoms with van der Waals surface area (Å²) in [4.78, 5) is 20.8. The van der Waals surface area contributed by atoms with Gasteiger partial charge >= 0.3 is 11.9 Å². The van der Waals surface area contributed by atoms with Crippen molar-refractivity contribution >= 4 is 11.9 Å². The molecule has 0 bridgehead atoms. The molecule has 15 heavy (non-hydrogen) atoms. The molecule has 0 aliphatic carbocycles. The Morgan fingerprint density at radius 2 is 1.40 bits per heavy atom. The number of halogens is 3. The minimum absolute atomic E-state index is 0.0226. The third kappa shape index (κ3) is 1.76. The summed E-state index contributed by atoms with van der Waals surface area (Å²) in [6, 6.07) is -0.0226. The van der Waals surface area contributed by atoms with Crippen LogP contribution in [0.3, 0.4) is 0 Å². The van der Waals surface area contributed by atoms with Crippen LogP contribution >= 0.6 is 0 Å². The van der Waals surface area contributed by atoms with Crippen molar-refractivity contribution in [3.63, 3.8) is 0 Å². The number of carbonyl (C=O) groups is 2. The van der Waals surface area contributed by atoms with Crippen molar-refractivity contribution in [2.24, 2.45) is 0 Å². The van der Waals surface area contributed by atoms with Crippen molar-refractivity contribution in [2.45, 2.75) is 0 Å². The SMILES string of the molecule is O=C(O)c1c(F)cc(F)c(F)c1C(=O)O. The average molecular weight is 220 g/mol. The largest absolute Gasteiger partial charge is 0.478 e. The number of carboxylic acid groups (broad SMARTS) is 2. The highest BCUT2D eigenvalue weighted by Gasteiger charge is 2.27. The zero-order chi connectivity index (χ0) is 11.7. The fourth-order valence-electron chi connectivity index (χ4n) is 1.01. The van der Waals surface area contributed by atoms with E-state index >= 15 is 0 Å². The lowest BCUT2D eigenvalue weighted by molar-refractivity contribution is 0.0641. The highest BCUT2D eigenvalue weighted by molar-refractivity contribution is 6.02. The molecule has 0 amide bonds. The molecule has 0 unspecified atom stereocenters. The van der Waals surface area contributed by atoms with Gasteiger partial charge in [-0.25, -0.2) is 22.8 Å². The van der Waals surface area contributed by atoms with Crippen LogP contribution in [0.5, 0.6) is 0 Å². The summed E-state index contributed by atoms with van der Waals surface area (Å²) in [6.07, 6.45) is 0. The number of hydrogen-bond donors (Lipinski definition) is 2. The minimum atomic E-state index is -2.05. The van der Waals surface area contributed by atoms with E-state index in [0.29, 0.717) is 0 Å². The Bertz CT molecular complexity index is 456. The zero-order valence-electron chi connectivity index (χ0n) is 6.92. The summed E-state index contributed by atoms with van der Waals surface area (Å²) >= 11 is 0. The smallest absolute Gasteiger partial charge is 0.339 e. The van der Waals surface area contributed by atoms with Crippen LogP contribution in [0.4, 0.5) is 13.2 Å². The molecule has 0 heterocycles. The van der Waals surface area contributed by atoms with Crippen LogP contribution in [-0.4, -0.2) is 22.2 Å². The summed E-state index contributed by atoms with van der Waals surface area (Å²) in [7, 11) is 0. The van der Waals surface area contributed by atoms with Crippen LogP contribution in [0, 0.1) is 17.5 Å². The lowest BCUT2D eigenvalue weighted by Gasteiger charge is -2.04. The Labute approximate surface area is 80.6 Å². The van der Waals surface area contributed by atoms with E-state index in [1.807, 2.05) is 0 Å². The molecule has 2 N–H and O–H groups in total. The first kappa shape index (κ1) is 11.0. The molecule has 0 saturated carbocycles. The topological polar surface area (TPSA) is 74.6 Å². The lowest BCUT2D eigenvalue weighted by atomic mass is 10.1. The molecule has 1 aromatic rings. The molecule has 0 spiro atoms. The molecule has 4 nitrogen and oxygen atoms in total. The summed E-state index contributed by atoms with van der Waals surface area (Å²) < 4.78 is 38.3. The molecule has 7 heteroatoms. The first-order chi connectivity index (χ1) is 6.86. The van der Waals surface area contributed by atoms with Gasteiger partial charge in [-0.2, -0.15) is 0 Å². The third-order valence-corrected chi connectivity index (χ3v) is 1.60. The standard InChI is InChI=1S/C8H3F3O4/c9-2-1-3(10)6(11)5(8(14)15)4(2)7(12)13/h1H,(H,12,13)(H,14,15). The van der Waals surface area contributed by atoms with E-state index in [9.17, 15) is 22.8 Å². The Balaban J connectivity index is 3.69. The molecule has 1 aromatic carbocycles. The van der Waals surface area contributed by atoms with Crippen molar-refractivity contribution in [1.29, 1.82) is 0 Å². The Morgan fingerprint density at radius 3 is 1.80 bits per heavy atom. The van der Waals surface area contributed by atoms with Crippen LogP contribution in [0.1, 0.15) is 20.7 Å². The molecular weight excluding hydrogens is 217 g/mol. The van der Waals surface area contributed by atoms with Gasteiger partial charge in [0.15, 0.2) is 11.6 Å². The minimum Gasteiger partial charge on any atom is -0.478 e. The van der Waals surface area contributed by atoms with Gasteiger partial charge < -0.3 is 10.2 Å². The number of carboxylic acids is 2. The lowest BCUT2D eigenvalue weighted by Crippen LogP contribution is -2.14. The molecule has 80 valence electrons. The van der Waals surface area contributed by atoms with Gasteiger partial charge in [0.05, 0.1) is 0 Å². The second-order valence-corrected chi connectivity index (χ2v) is 2.51. The molecule has 0 aromatic heterocycles. The Hall–Kier alpha value is -2.05. The van der Waals surface area contributed by atoms with Crippen molar-refractivity contribution < 1.29 is 33.0 Å². The van der Waals surface area contributed by atoms with Gasteiger partial charge in [-0.05, 0) is 0 Å². The van der Waals surface area contributed by atoms with Crippen molar-refractivity contribution in [3.8, 4) is 0 Å². The van der Waals surface area contributed by atoms with Crippen LogP contribution in [0.2, 0.25) is 0 Å². The molecule has 0 fully saturated rings. The zero-order valence-corrected chi connectivity index (χ0v) is 6.92. The van der Waals surface area contributed by atoms with E-state index < -0.39 is 40.5 Å². The summed E-state index contributed by atoms with van der Waals surface area (Å²) in [5.74, 6) is -9.33. The number of hydrogen-bond acceptors (Lipinski definition) is 2. The van der Waals surface area contributed by atoms with Crippen molar-refractivity contribution in [1.82, 2.24) is 0 Å². The number of aromatic carboxylic acids is 2. The summed E-state index contributed by atoms with van der Waals surface area (Å²) in [6.45, 7) is 0. The summed E-state index contributed by atoms with van der Waals surface area (Å²) in [5.41, 5.74) is -2.93. The number of benzene rings is 1. The van der Waals surface area contributed by atoms with E-state index in [0.717, 1.165) is 0 Å². The van der Waals surface area contributed by atoms with Gasteiger partial charge in [0, 0.05) is 6.07 Å². The van der Waals surface area contributed by atoms with Crippen LogP contribution < -0.4 is 0 Å². The highest BCUT2D eigenvalue weighted by atomic mass is 19.2. The summed E-state index contributed by atoms with van der Waals surface area (Å²) in [5, 5.41) is 16.8. The first-order valence-electron chi connectivity index (χ1n) is 3.50. The molecule has 1 rings (SSSR count). The molecule has 0 radical (unpaired) electrons. The fraction of sp³-hybridized carbons (Fsp3) is 0. The molecular formula is C8H3F3O4. The Morgan fingerprint density at radius 1 is 0.933 bits per heavy atom. The highest BCUT2D eigenvalue weighted by Crippen LogP contribution is 2.20. The quantitative estimate of drug-likeness (QED) is 0.740. The maximum atomic E-state index is 12.9. The van der Waals surface area contributed by atoms with Crippen molar-refractivity contribution in [2.75, 3.05) is 0 Å². The van der Waals surface area contributed by atoms with Crippen LogP contribution in [0.25, 0.3) is 0 Å². The van der Waals surface area contributed by atoms with E-state index in [-0.39, 0.29) is 6.07 Å². The monoisotopic (exact) mass is 220 g/mol. The van der Waals surface area contributed by atoms with E-state index in [1.165, 1.54) is 0 Å². The average Bonchev–Trinajstić information content (AvgIpc) is 2.09. The van der Waals surface area contributed by atoms with Gasteiger partial charge in [0.2, 0.25) is 0 Å². The van der Waals surface area contributed by atoms with Gasteiger partial charge in [0.25, 0.3) is 0 Å². The van der Waals surface area contributed by atoms with Gasteiger partial charge in [-0.1, -0.05) is 0 Å². The van der Waals surface area contributed by atoms with Crippen LogP contribution in [-0.2, 0) is 0 Å². The normalized spacial score (nSPS) is 10.1. The maximum Gasteiger partial charge on any atom is 0.339 e. The predicted molar refractivity (Wildman–Crippen MR) is 40.2 cm³/mol. The van der Waals surface area contributed by atoms with E-state index in [2.05, 4.69) is 0 Å². The second kappa shape index (κ2) is 3.60. The number of rotatable bonds is 2. The first-order valence-corrected chi connectivity index (χ1v) is 3.50. The molecule has 0 aliphatic heterocycles. The van der Waals surface area contributed by atoms with E-state index in [4.69, 9.17) is 10.2 Å². The molecule has 0 saturated heterocycles. The van der Waals surface area contributed by atoms with Gasteiger partial charge in [0.1, 0.15) is 16.9 Å². The van der Waals surface area contributed by atoms with E-state index in [1.54, 1.807) is 0 Å². The third-order valence-electron chi connectivity index (χ3n) is 1.60. The predicted octanol–water partition coefficient (Wildman–Crippen LogP) is 1.50. The van der Waals surface area contributed by atoms with Crippen molar-refractivity contribution in [3.05, 3.63) is 34.6 Å². The van der Waals surface area contributed by atoms with Gasteiger partial charge in [-0.15, -0.1) is 0 Å². The maximum absolute atomic E-state index is 12.9. The Kier molecular flexibility index (Phi) is 2.65. The molecule has 0 atom stereocenters. The second-order valence-electron chi connectivity index (χ2n) is 2.51. The fourth-order valence-corrected chi connectivity index (χ4v) is 1.01.